The van der Waals surface area contributed by atoms with Crippen LogP contribution in [-0.2, 0) is 6.54 Å². The quantitative estimate of drug-likeness (QED) is 0.671. The van der Waals surface area contributed by atoms with Crippen molar-refractivity contribution in [3.05, 3.63) is 47.7 Å². The number of anilines is 1. The first-order chi connectivity index (χ1) is 10.1. The van der Waals surface area contributed by atoms with Crippen molar-refractivity contribution < 1.29 is 13.2 Å². The molecular weight excluding hydrogens is 278 g/mol. The molecule has 1 fully saturated rings. The molecule has 1 aliphatic carbocycles. The lowest BCUT2D eigenvalue weighted by atomic mass is 10.3. The first-order valence-electron chi connectivity index (χ1n) is 6.58. The lowest BCUT2D eigenvalue weighted by Crippen LogP contribution is -2.23. The van der Waals surface area contributed by atoms with Crippen LogP contribution in [0.4, 0.5) is 14.5 Å². The summed E-state index contributed by atoms with van der Waals surface area (Å²) in [7, 11) is 0. The molecule has 0 bridgehead atoms. The maximum atomic E-state index is 13.4. The van der Waals surface area contributed by atoms with Gasteiger partial charge < -0.3 is 15.5 Å². The number of nitrogens with one attached hydrogen (secondary N) is 1. The third-order valence-corrected chi connectivity index (χ3v) is 3.09. The minimum absolute atomic E-state index is 0.0242. The molecule has 2 aromatic rings. The number of hydrogen-bond donors (Lipinski definition) is 2. The van der Waals surface area contributed by atoms with Crippen LogP contribution in [0.2, 0.25) is 0 Å². The van der Waals surface area contributed by atoms with Gasteiger partial charge in [-0.2, -0.15) is 0 Å². The number of aromatic nitrogens is 1. The normalized spacial score (nSPS) is 15.2. The van der Waals surface area contributed by atoms with Crippen molar-refractivity contribution in [3.63, 3.8) is 0 Å². The predicted molar refractivity (Wildman–Crippen MR) is 73.8 cm³/mol. The molecular formula is C14H14F2N4O. The Bertz CT molecular complexity index is 679. The Morgan fingerprint density at radius 2 is 2.24 bits per heavy atom. The van der Waals surface area contributed by atoms with Gasteiger partial charge in [-0.05, 0) is 25.0 Å². The Morgan fingerprint density at radius 1 is 1.43 bits per heavy atom. The number of guanidine groups is 1. The molecule has 0 saturated heterocycles. The van der Waals surface area contributed by atoms with Crippen molar-refractivity contribution in [3.8, 4) is 0 Å². The average molecular weight is 292 g/mol. The van der Waals surface area contributed by atoms with E-state index in [-0.39, 0.29) is 18.2 Å². The van der Waals surface area contributed by atoms with Gasteiger partial charge in [0.2, 0.25) is 0 Å². The van der Waals surface area contributed by atoms with E-state index in [1.54, 1.807) is 6.20 Å². The zero-order valence-electron chi connectivity index (χ0n) is 11.1. The van der Waals surface area contributed by atoms with E-state index in [0.29, 0.717) is 11.7 Å². The summed E-state index contributed by atoms with van der Waals surface area (Å²) < 4.78 is 32.0. The number of nitrogens with zero attached hydrogens (tertiary/aromatic N) is 2. The van der Waals surface area contributed by atoms with Gasteiger partial charge in [-0.3, -0.25) is 0 Å². The summed E-state index contributed by atoms with van der Waals surface area (Å²) in [4.78, 5) is 8.17. The Labute approximate surface area is 119 Å². The van der Waals surface area contributed by atoms with Gasteiger partial charge in [0.05, 0.1) is 11.9 Å². The smallest absolute Gasteiger partial charge is 0.197 e. The van der Waals surface area contributed by atoms with Crippen molar-refractivity contribution in [1.82, 2.24) is 4.98 Å². The highest BCUT2D eigenvalue weighted by Gasteiger charge is 2.28. The number of rotatable bonds is 4. The zero-order valence-corrected chi connectivity index (χ0v) is 11.1. The predicted octanol–water partition coefficient (Wildman–Crippen LogP) is 2.76. The largest absolute Gasteiger partial charge is 0.443 e. The molecule has 3 N–H and O–H groups in total. The highest BCUT2D eigenvalue weighted by Crippen LogP contribution is 2.39. The van der Waals surface area contributed by atoms with Gasteiger partial charge in [0.1, 0.15) is 23.9 Å². The fourth-order valence-electron chi connectivity index (χ4n) is 1.85. The van der Waals surface area contributed by atoms with Crippen molar-refractivity contribution in [2.45, 2.75) is 25.3 Å². The average Bonchev–Trinajstić information content (AvgIpc) is 3.20. The van der Waals surface area contributed by atoms with Gasteiger partial charge in [0.25, 0.3) is 0 Å². The second-order valence-corrected chi connectivity index (χ2v) is 4.89. The minimum Gasteiger partial charge on any atom is -0.443 e. The fraction of sp³-hybridized carbons (Fsp3) is 0.286. The van der Waals surface area contributed by atoms with Gasteiger partial charge in [0.15, 0.2) is 11.9 Å². The van der Waals surface area contributed by atoms with E-state index in [4.69, 9.17) is 10.2 Å². The van der Waals surface area contributed by atoms with Crippen molar-refractivity contribution in [1.29, 1.82) is 0 Å². The summed E-state index contributed by atoms with van der Waals surface area (Å²) >= 11 is 0. The maximum absolute atomic E-state index is 13.4. The molecule has 1 saturated carbocycles. The molecule has 0 atom stereocenters. The molecule has 0 aliphatic heterocycles. The number of benzene rings is 1. The summed E-state index contributed by atoms with van der Waals surface area (Å²) in [6, 6.07) is 3.06. The van der Waals surface area contributed by atoms with E-state index in [0.717, 1.165) is 36.9 Å². The Morgan fingerprint density at radius 3 is 3.00 bits per heavy atom. The highest BCUT2D eigenvalue weighted by atomic mass is 19.1. The zero-order chi connectivity index (χ0) is 14.8. The second kappa shape index (κ2) is 5.51. The van der Waals surface area contributed by atoms with Crippen LogP contribution in [0.5, 0.6) is 0 Å². The topological polar surface area (TPSA) is 76.4 Å². The number of halogens is 2. The lowest BCUT2D eigenvalue weighted by Gasteiger charge is -2.06. The molecule has 0 amide bonds. The molecule has 1 aromatic heterocycles. The number of nitrogens with two attached hydrogens (primary N) is 1. The van der Waals surface area contributed by atoms with Crippen LogP contribution in [0, 0.1) is 11.6 Å². The molecule has 1 aromatic carbocycles. The second-order valence-electron chi connectivity index (χ2n) is 4.89. The van der Waals surface area contributed by atoms with Gasteiger partial charge in [-0.1, -0.05) is 0 Å². The highest BCUT2D eigenvalue weighted by molar-refractivity contribution is 5.92. The molecule has 1 heterocycles. The summed E-state index contributed by atoms with van der Waals surface area (Å²) in [5, 5.41) is 2.51. The van der Waals surface area contributed by atoms with E-state index in [2.05, 4.69) is 15.3 Å². The van der Waals surface area contributed by atoms with E-state index in [1.165, 1.54) is 0 Å². The van der Waals surface area contributed by atoms with Gasteiger partial charge in [-0.15, -0.1) is 0 Å². The van der Waals surface area contributed by atoms with E-state index < -0.39 is 11.6 Å². The van der Waals surface area contributed by atoms with Crippen molar-refractivity contribution in [2.75, 3.05) is 5.32 Å². The van der Waals surface area contributed by atoms with Crippen molar-refractivity contribution in [2.24, 2.45) is 10.7 Å². The summed E-state index contributed by atoms with van der Waals surface area (Å²) in [6.07, 6.45) is 3.81. The number of hydrogen-bond acceptors (Lipinski definition) is 3. The fourth-order valence-corrected chi connectivity index (χ4v) is 1.85. The maximum Gasteiger partial charge on any atom is 0.197 e. The van der Waals surface area contributed by atoms with Crippen LogP contribution >= 0.6 is 0 Å². The summed E-state index contributed by atoms with van der Waals surface area (Å²) in [6.45, 7) is 0.190. The van der Waals surface area contributed by atoms with Crippen LogP contribution in [0.1, 0.15) is 30.4 Å². The third kappa shape index (κ3) is 3.36. The molecule has 21 heavy (non-hydrogen) atoms. The number of aliphatic imine (C=N–C) groups is 1. The Hall–Kier alpha value is -2.44. The van der Waals surface area contributed by atoms with E-state index in [1.807, 2.05) is 0 Å². The van der Waals surface area contributed by atoms with Gasteiger partial charge in [0, 0.05) is 12.0 Å². The molecule has 1 aliphatic rings. The first kappa shape index (κ1) is 13.5. The lowest BCUT2D eigenvalue weighted by molar-refractivity contribution is 0.458. The molecule has 3 rings (SSSR count). The van der Waals surface area contributed by atoms with Crippen LogP contribution in [0.3, 0.4) is 0 Å². The van der Waals surface area contributed by atoms with Gasteiger partial charge in [-0.25, -0.2) is 18.8 Å². The van der Waals surface area contributed by atoms with Crippen LogP contribution in [0.25, 0.3) is 0 Å². The van der Waals surface area contributed by atoms with E-state index >= 15 is 0 Å². The van der Waals surface area contributed by atoms with Crippen molar-refractivity contribution >= 4 is 11.6 Å². The van der Waals surface area contributed by atoms with E-state index in [9.17, 15) is 8.78 Å². The standard InChI is InChI=1S/C14H14F2N4O/c15-9-3-4-11(16)12(5-9)20-14(17)19-7-10-6-18-13(21-10)8-1-2-8/h3-6,8H,1-2,7H2,(H3,17,19,20). The van der Waals surface area contributed by atoms with Crippen LogP contribution in [-0.4, -0.2) is 10.9 Å². The minimum atomic E-state index is -0.606. The molecule has 0 spiro atoms. The Kier molecular flexibility index (Phi) is 3.55. The van der Waals surface area contributed by atoms with Crippen LogP contribution < -0.4 is 11.1 Å². The monoisotopic (exact) mass is 292 g/mol. The summed E-state index contributed by atoms with van der Waals surface area (Å²) in [5.41, 5.74) is 5.58. The molecule has 0 radical (unpaired) electrons. The number of oxazole rings is 1. The summed E-state index contributed by atoms with van der Waals surface area (Å²) in [5.74, 6) is 0.550. The Balaban J connectivity index is 1.63. The van der Waals surface area contributed by atoms with Gasteiger partial charge >= 0.3 is 0 Å². The third-order valence-electron chi connectivity index (χ3n) is 3.09. The van der Waals surface area contributed by atoms with Crippen LogP contribution in [0.15, 0.2) is 33.8 Å². The SMILES string of the molecule is NC(=NCc1cnc(C2CC2)o1)Nc1cc(F)ccc1F. The molecule has 7 heteroatoms. The molecule has 110 valence electrons. The first-order valence-corrected chi connectivity index (χ1v) is 6.58. The molecule has 0 unspecified atom stereocenters. The molecule has 5 nitrogen and oxygen atoms in total.